The Labute approximate surface area is 171 Å². The molecule has 2 nitrogen and oxygen atoms in total. The SMILES string of the molecule is CC(C)C(=O)Oc1c(-c2ccc3ccc(C(F)(F)F)cc3c2)ccc2ccccc12. The average molecular weight is 408 g/mol. The lowest BCUT2D eigenvalue weighted by Gasteiger charge is -2.15. The first-order chi connectivity index (χ1) is 14.2. The third-order valence-electron chi connectivity index (χ3n) is 5.03. The molecule has 0 radical (unpaired) electrons. The van der Waals surface area contributed by atoms with Crippen molar-refractivity contribution in [2.45, 2.75) is 20.0 Å². The molecule has 0 heterocycles. The topological polar surface area (TPSA) is 26.3 Å². The number of halogens is 3. The van der Waals surface area contributed by atoms with Crippen LogP contribution in [0, 0.1) is 5.92 Å². The van der Waals surface area contributed by atoms with Crippen molar-refractivity contribution in [3.05, 3.63) is 78.4 Å². The molecule has 5 heteroatoms. The van der Waals surface area contributed by atoms with Gasteiger partial charge in [0.25, 0.3) is 0 Å². The number of fused-ring (bicyclic) bond motifs is 2. The van der Waals surface area contributed by atoms with Crippen LogP contribution in [-0.4, -0.2) is 5.97 Å². The summed E-state index contributed by atoms with van der Waals surface area (Å²) < 4.78 is 45.2. The molecular formula is C25H19F3O2. The zero-order valence-electron chi connectivity index (χ0n) is 16.5. The van der Waals surface area contributed by atoms with Gasteiger partial charge in [-0.25, -0.2) is 0 Å². The lowest BCUT2D eigenvalue weighted by Crippen LogP contribution is -2.15. The summed E-state index contributed by atoms with van der Waals surface area (Å²) in [5.74, 6) is -0.270. The van der Waals surface area contributed by atoms with Crippen LogP contribution in [0.2, 0.25) is 0 Å². The highest BCUT2D eigenvalue weighted by atomic mass is 19.4. The summed E-state index contributed by atoms with van der Waals surface area (Å²) in [6.45, 7) is 3.50. The number of benzene rings is 4. The predicted molar refractivity (Wildman–Crippen MR) is 112 cm³/mol. The maximum Gasteiger partial charge on any atom is 0.416 e. The molecule has 4 aromatic carbocycles. The van der Waals surface area contributed by atoms with Crippen molar-refractivity contribution in [1.82, 2.24) is 0 Å². The van der Waals surface area contributed by atoms with E-state index in [4.69, 9.17) is 4.74 Å². The summed E-state index contributed by atoms with van der Waals surface area (Å²) in [7, 11) is 0. The first-order valence-corrected chi connectivity index (χ1v) is 9.59. The molecule has 0 aliphatic carbocycles. The molecule has 152 valence electrons. The largest absolute Gasteiger partial charge is 0.425 e. The normalized spacial score (nSPS) is 11.9. The second kappa shape index (κ2) is 7.48. The van der Waals surface area contributed by atoms with Crippen molar-refractivity contribution >= 4 is 27.5 Å². The smallest absolute Gasteiger partial charge is 0.416 e. The number of esters is 1. The molecule has 0 saturated carbocycles. The maximum atomic E-state index is 13.1. The van der Waals surface area contributed by atoms with E-state index in [-0.39, 0.29) is 11.9 Å². The van der Waals surface area contributed by atoms with Crippen LogP contribution < -0.4 is 4.74 Å². The predicted octanol–water partition coefficient (Wildman–Crippen LogP) is 7.24. The first-order valence-electron chi connectivity index (χ1n) is 9.59. The minimum absolute atomic E-state index is 0.317. The molecule has 0 N–H and O–H groups in total. The Kier molecular flexibility index (Phi) is 4.98. The molecule has 4 aromatic rings. The highest BCUT2D eigenvalue weighted by molar-refractivity contribution is 5.98. The molecule has 0 saturated heterocycles. The van der Waals surface area contributed by atoms with Crippen LogP contribution in [0.5, 0.6) is 5.75 Å². The summed E-state index contributed by atoms with van der Waals surface area (Å²) in [4.78, 5) is 12.4. The zero-order valence-corrected chi connectivity index (χ0v) is 16.5. The van der Waals surface area contributed by atoms with E-state index in [0.29, 0.717) is 27.6 Å². The van der Waals surface area contributed by atoms with E-state index in [2.05, 4.69) is 0 Å². The molecule has 0 unspecified atom stereocenters. The van der Waals surface area contributed by atoms with Crippen molar-refractivity contribution in [1.29, 1.82) is 0 Å². The van der Waals surface area contributed by atoms with Gasteiger partial charge in [0.05, 0.1) is 11.5 Å². The molecule has 30 heavy (non-hydrogen) atoms. The van der Waals surface area contributed by atoms with Crippen molar-refractivity contribution < 1.29 is 22.7 Å². The molecular weight excluding hydrogens is 389 g/mol. The zero-order chi connectivity index (χ0) is 21.5. The minimum atomic E-state index is -4.41. The Bertz CT molecular complexity index is 1260. The third kappa shape index (κ3) is 3.75. The van der Waals surface area contributed by atoms with Gasteiger partial charge in [0.15, 0.2) is 0 Å². The summed E-state index contributed by atoms with van der Waals surface area (Å²) in [6, 6.07) is 20.2. The van der Waals surface area contributed by atoms with Crippen LogP contribution in [0.15, 0.2) is 72.8 Å². The van der Waals surface area contributed by atoms with E-state index in [0.717, 1.165) is 22.9 Å². The van der Waals surface area contributed by atoms with Gasteiger partial charge in [0, 0.05) is 10.9 Å². The fourth-order valence-electron chi connectivity index (χ4n) is 3.39. The van der Waals surface area contributed by atoms with Gasteiger partial charge in [-0.15, -0.1) is 0 Å². The number of rotatable bonds is 3. The quantitative estimate of drug-likeness (QED) is 0.264. The number of hydrogen-bond acceptors (Lipinski definition) is 2. The van der Waals surface area contributed by atoms with E-state index in [1.165, 1.54) is 6.07 Å². The molecule has 0 bridgehead atoms. The van der Waals surface area contributed by atoms with Gasteiger partial charge >= 0.3 is 12.1 Å². The Morgan fingerprint density at radius 3 is 2.27 bits per heavy atom. The van der Waals surface area contributed by atoms with Gasteiger partial charge in [0.2, 0.25) is 0 Å². The molecule has 0 fully saturated rings. The number of alkyl halides is 3. The van der Waals surface area contributed by atoms with Gasteiger partial charge in [-0.2, -0.15) is 13.2 Å². The monoisotopic (exact) mass is 408 g/mol. The van der Waals surface area contributed by atoms with Crippen LogP contribution >= 0.6 is 0 Å². The highest BCUT2D eigenvalue weighted by Crippen LogP contribution is 2.39. The molecule has 0 spiro atoms. The van der Waals surface area contributed by atoms with Crippen LogP contribution in [0.1, 0.15) is 19.4 Å². The van der Waals surface area contributed by atoms with E-state index in [1.807, 2.05) is 42.5 Å². The van der Waals surface area contributed by atoms with Crippen LogP contribution in [0.3, 0.4) is 0 Å². The van der Waals surface area contributed by atoms with Crippen LogP contribution in [0.25, 0.3) is 32.7 Å². The highest BCUT2D eigenvalue weighted by Gasteiger charge is 2.30. The van der Waals surface area contributed by atoms with E-state index >= 15 is 0 Å². The lowest BCUT2D eigenvalue weighted by molar-refractivity contribution is -0.138. The minimum Gasteiger partial charge on any atom is -0.425 e. The number of hydrogen-bond donors (Lipinski definition) is 0. The molecule has 0 amide bonds. The van der Waals surface area contributed by atoms with Crippen LogP contribution in [0.4, 0.5) is 13.2 Å². The van der Waals surface area contributed by atoms with E-state index in [9.17, 15) is 18.0 Å². The summed E-state index contributed by atoms with van der Waals surface area (Å²) in [6.07, 6.45) is -4.41. The third-order valence-corrected chi connectivity index (χ3v) is 5.03. The lowest BCUT2D eigenvalue weighted by atomic mass is 9.96. The Morgan fingerprint density at radius 1 is 0.833 bits per heavy atom. The van der Waals surface area contributed by atoms with Crippen molar-refractivity contribution in [2.24, 2.45) is 5.92 Å². The molecule has 0 aliphatic heterocycles. The fraction of sp³-hybridized carbons (Fsp3) is 0.160. The summed E-state index contributed by atoms with van der Waals surface area (Å²) in [5, 5.41) is 2.85. The van der Waals surface area contributed by atoms with Crippen molar-refractivity contribution in [2.75, 3.05) is 0 Å². The number of ether oxygens (including phenoxy) is 1. The second-order valence-corrected chi connectivity index (χ2v) is 7.51. The molecule has 0 atom stereocenters. The summed E-state index contributed by atoms with van der Waals surface area (Å²) >= 11 is 0. The van der Waals surface area contributed by atoms with Crippen LogP contribution in [-0.2, 0) is 11.0 Å². The second-order valence-electron chi connectivity index (χ2n) is 7.51. The summed E-state index contributed by atoms with van der Waals surface area (Å²) in [5.41, 5.74) is 0.637. The van der Waals surface area contributed by atoms with E-state index in [1.54, 1.807) is 26.0 Å². The van der Waals surface area contributed by atoms with Gasteiger partial charge in [0.1, 0.15) is 5.75 Å². The van der Waals surface area contributed by atoms with Gasteiger partial charge in [-0.1, -0.05) is 62.4 Å². The Morgan fingerprint density at radius 2 is 1.53 bits per heavy atom. The fourth-order valence-corrected chi connectivity index (χ4v) is 3.39. The number of carbonyl (C=O) groups excluding carboxylic acids is 1. The molecule has 4 rings (SSSR count). The Balaban J connectivity index is 1.91. The molecule has 0 aromatic heterocycles. The first kappa shape index (κ1) is 20.0. The van der Waals surface area contributed by atoms with Crippen molar-refractivity contribution in [3.8, 4) is 16.9 Å². The standard InChI is InChI=1S/C25H19F3O2/c1-15(2)24(29)30-23-21-6-4-3-5-17(21)10-12-22(23)18-8-7-16-9-11-20(25(26,27)28)14-19(16)13-18/h3-15H,1-2H3. The average Bonchev–Trinajstić information content (AvgIpc) is 2.72. The van der Waals surface area contributed by atoms with E-state index < -0.39 is 11.7 Å². The Hall–Kier alpha value is -3.34. The van der Waals surface area contributed by atoms with Gasteiger partial charge in [-0.05, 0) is 46.0 Å². The number of carbonyl (C=O) groups is 1. The molecule has 0 aliphatic rings. The van der Waals surface area contributed by atoms with Gasteiger partial charge in [-0.3, -0.25) is 4.79 Å². The maximum absolute atomic E-state index is 13.1. The van der Waals surface area contributed by atoms with Gasteiger partial charge < -0.3 is 4.74 Å². The van der Waals surface area contributed by atoms with Crippen molar-refractivity contribution in [3.63, 3.8) is 0 Å².